The number of aromatic nitrogens is 1. The molecule has 0 bridgehead atoms. The van der Waals surface area contributed by atoms with Crippen molar-refractivity contribution in [3.63, 3.8) is 0 Å². The Morgan fingerprint density at radius 1 is 1.14 bits per heavy atom. The van der Waals surface area contributed by atoms with E-state index in [2.05, 4.69) is 41.7 Å². The van der Waals surface area contributed by atoms with Crippen LogP contribution in [0.5, 0.6) is 0 Å². The van der Waals surface area contributed by atoms with Crippen LogP contribution in [-0.4, -0.2) is 22.4 Å². The van der Waals surface area contributed by atoms with Crippen molar-refractivity contribution in [2.24, 2.45) is 5.10 Å². The predicted molar refractivity (Wildman–Crippen MR) is 118 cm³/mol. The molecule has 4 nitrogen and oxygen atoms in total. The molecule has 0 aliphatic heterocycles. The Morgan fingerprint density at radius 3 is 2.59 bits per heavy atom. The second-order valence-corrected chi connectivity index (χ2v) is 7.87. The molecule has 0 aliphatic carbocycles. The zero-order valence-electron chi connectivity index (χ0n) is 16.8. The maximum atomic E-state index is 14.1. The summed E-state index contributed by atoms with van der Waals surface area (Å²) in [4.78, 5) is 12.0. The van der Waals surface area contributed by atoms with Gasteiger partial charge in [-0.3, -0.25) is 4.79 Å². The van der Waals surface area contributed by atoms with Crippen molar-refractivity contribution in [1.29, 1.82) is 0 Å². The van der Waals surface area contributed by atoms with Gasteiger partial charge in [-0.1, -0.05) is 42.0 Å². The van der Waals surface area contributed by atoms with Crippen molar-refractivity contribution in [1.82, 2.24) is 9.99 Å². The number of hydrazone groups is 1. The normalized spacial score (nSPS) is 11.2. The summed E-state index contributed by atoms with van der Waals surface area (Å²) < 4.78 is 16.0. The van der Waals surface area contributed by atoms with E-state index >= 15 is 0 Å². The molecule has 0 atom stereocenters. The Morgan fingerprint density at radius 2 is 1.86 bits per heavy atom. The van der Waals surface area contributed by atoms with E-state index in [0.29, 0.717) is 11.4 Å². The predicted octanol–water partition coefficient (Wildman–Crippen LogP) is 4.93. The van der Waals surface area contributed by atoms with Gasteiger partial charge in [0.05, 0.1) is 17.7 Å². The molecule has 3 rings (SSSR count). The van der Waals surface area contributed by atoms with Crippen LogP contribution in [0.25, 0.3) is 5.69 Å². The van der Waals surface area contributed by atoms with Crippen LogP contribution >= 0.6 is 11.8 Å². The molecule has 1 N–H and O–H groups in total. The van der Waals surface area contributed by atoms with Gasteiger partial charge in [0.2, 0.25) is 5.91 Å². The second-order valence-electron chi connectivity index (χ2n) is 6.88. The molecule has 1 aromatic heterocycles. The average Bonchev–Trinajstić information content (AvgIpc) is 2.97. The fraction of sp³-hybridized carbons (Fsp3) is 0.217. The molecular weight excluding hydrogens is 385 g/mol. The van der Waals surface area contributed by atoms with Gasteiger partial charge in [0.1, 0.15) is 5.82 Å². The number of thioether (sulfide) groups is 1. The summed E-state index contributed by atoms with van der Waals surface area (Å²) in [5.41, 5.74) is 8.06. The van der Waals surface area contributed by atoms with E-state index < -0.39 is 0 Å². The van der Waals surface area contributed by atoms with Crippen molar-refractivity contribution in [3.8, 4) is 5.69 Å². The maximum Gasteiger partial charge on any atom is 0.250 e. The van der Waals surface area contributed by atoms with Gasteiger partial charge in [-0.25, -0.2) is 9.82 Å². The molecule has 0 radical (unpaired) electrons. The second kappa shape index (κ2) is 9.56. The first-order valence-corrected chi connectivity index (χ1v) is 10.5. The standard InChI is InChI=1S/C23H24FN3OS/c1-16-8-10-19(11-9-16)14-29-15-23(28)26-25-13-20-12-17(2)27(18(20)3)22-7-5-4-6-21(22)24/h4-13H,14-15H2,1-3H3,(H,26,28)/b25-13-. The number of rotatable bonds is 7. The first-order valence-electron chi connectivity index (χ1n) is 9.34. The number of hydrogen-bond donors (Lipinski definition) is 1. The molecule has 0 spiro atoms. The van der Waals surface area contributed by atoms with E-state index in [1.807, 2.05) is 24.5 Å². The Labute approximate surface area is 174 Å². The topological polar surface area (TPSA) is 46.4 Å². The summed E-state index contributed by atoms with van der Waals surface area (Å²) in [6.45, 7) is 5.87. The maximum absolute atomic E-state index is 14.1. The van der Waals surface area contributed by atoms with Gasteiger partial charge in [-0.15, -0.1) is 11.8 Å². The summed E-state index contributed by atoms with van der Waals surface area (Å²) in [6, 6.07) is 16.9. The average molecular weight is 410 g/mol. The molecule has 0 saturated heterocycles. The molecule has 1 amide bonds. The highest BCUT2D eigenvalue weighted by molar-refractivity contribution is 7.99. The smallest absolute Gasteiger partial charge is 0.250 e. The molecule has 1 heterocycles. The van der Waals surface area contributed by atoms with Gasteiger partial charge < -0.3 is 4.57 Å². The summed E-state index contributed by atoms with van der Waals surface area (Å²) in [7, 11) is 0. The van der Waals surface area contributed by atoms with Gasteiger partial charge in [0.25, 0.3) is 0 Å². The number of aryl methyl sites for hydroxylation is 2. The van der Waals surface area contributed by atoms with Gasteiger partial charge in [-0.2, -0.15) is 5.10 Å². The Bertz CT molecular complexity index is 1030. The van der Waals surface area contributed by atoms with E-state index in [1.54, 1.807) is 36.2 Å². The third kappa shape index (κ3) is 5.35. The lowest BCUT2D eigenvalue weighted by Crippen LogP contribution is -2.19. The van der Waals surface area contributed by atoms with E-state index in [-0.39, 0.29) is 11.7 Å². The first kappa shape index (κ1) is 20.9. The van der Waals surface area contributed by atoms with Crippen LogP contribution < -0.4 is 5.43 Å². The summed E-state index contributed by atoms with van der Waals surface area (Å²) >= 11 is 1.54. The lowest BCUT2D eigenvalue weighted by Gasteiger charge is -2.10. The van der Waals surface area contributed by atoms with Crippen molar-refractivity contribution in [2.75, 3.05) is 5.75 Å². The number of halogens is 1. The van der Waals surface area contributed by atoms with Gasteiger partial charge in [0, 0.05) is 22.7 Å². The minimum Gasteiger partial charge on any atom is -0.315 e. The zero-order chi connectivity index (χ0) is 20.8. The van der Waals surface area contributed by atoms with E-state index in [4.69, 9.17) is 0 Å². The quantitative estimate of drug-likeness (QED) is 0.444. The molecule has 29 heavy (non-hydrogen) atoms. The molecule has 150 valence electrons. The number of hydrogen-bond acceptors (Lipinski definition) is 3. The molecule has 0 unspecified atom stereocenters. The van der Waals surface area contributed by atoms with E-state index in [0.717, 1.165) is 22.7 Å². The molecule has 0 saturated carbocycles. The summed E-state index contributed by atoms with van der Waals surface area (Å²) in [5, 5.41) is 4.07. The lowest BCUT2D eigenvalue weighted by molar-refractivity contribution is -0.118. The number of carbonyl (C=O) groups is 1. The minimum absolute atomic E-state index is 0.152. The lowest BCUT2D eigenvalue weighted by atomic mass is 10.2. The number of benzene rings is 2. The molecule has 6 heteroatoms. The van der Waals surface area contributed by atoms with Crippen LogP contribution in [0, 0.1) is 26.6 Å². The minimum atomic E-state index is -0.281. The van der Waals surface area contributed by atoms with Gasteiger partial charge in [-0.05, 0) is 44.5 Å². The summed E-state index contributed by atoms with van der Waals surface area (Å²) in [5.74, 6) is 0.679. The number of carbonyl (C=O) groups excluding carboxylic acids is 1. The summed E-state index contributed by atoms with van der Waals surface area (Å²) in [6.07, 6.45) is 1.60. The Hall–Kier alpha value is -2.86. The van der Waals surface area contributed by atoms with Crippen molar-refractivity contribution in [3.05, 3.63) is 88.5 Å². The third-order valence-electron chi connectivity index (χ3n) is 4.58. The van der Waals surface area contributed by atoms with E-state index in [1.165, 1.54) is 17.2 Å². The Balaban J connectivity index is 1.56. The number of para-hydroxylation sites is 1. The molecule has 2 aromatic carbocycles. The number of amides is 1. The van der Waals surface area contributed by atoms with Crippen LogP contribution in [0.2, 0.25) is 0 Å². The Kier molecular flexibility index (Phi) is 6.88. The van der Waals surface area contributed by atoms with Gasteiger partial charge in [0.15, 0.2) is 0 Å². The van der Waals surface area contributed by atoms with E-state index in [9.17, 15) is 9.18 Å². The van der Waals surface area contributed by atoms with Crippen LogP contribution in [-0.2, 0) is 10.5 Å². The first-order chi connectivity index (χ1) is 14.0. The fourth-order valence-electron chi connectivity index (χ4n) is 3.07. The number of nitrogens with one attached hydrogen (secondary N) is 1. The largest absolute Gasteiger partial charge is 0.315 e. The SMILES string of the molecule is Cc1ccc(CSCC(=O)N/N=C\c2cc(C)n(-c3ccccc3F)c2C)cc1. The highest BCUT2D eigenvalue weighted by Crippen LogP contribution is 2.21. The van der Waals surface area contributed by atoms with Crippen molar-refractivity contribution >= 4 is 23.9 Å². The van der Waals surface area contributed by atoms with Crippen molar-refractivity contribution < 1.29 is 9.18 Å². The van der Waals surface area contributed by atoms with Crippen LogP contribution in [0.15, 0.2) is 59.7 Å². The van der Waals surface area contributed by atoms with Gasteiger partial charge >= 0.3 is 0 Å². The highest BCUT2D eigenvalue weighted by atomic mass is 32.2. The molecule has 0 fully saturated rings. The van der Waals surface area contributed by atoms with Crippen molar-refractivity contribution in [2.45, 2.75) is 26.5 Å². The molecular formula is C23H24FN3OS. The van der Waals surface area contributed by atoms with Crippen LogP contribution in [0.3, 0.4) is 0 Å². The zero-order valence-corrected chi connectivity index (χ0v) is 17.6. The molecule has 3 aromatic rings. The fourth-order valence-corrected chi connectivity index (χ4v) is 3.85. The monoisotopic (exact) mass is 409 g/mol. The van der Waals surface area contributed by atoms with Crippen LogP contribution in [0.1, 0.15) is 28.1 Å². The highest BCUT2D eigenvalue weighted by Gasteiger charge is 2.12. The van der Waals surface area contributed by atoms with Crippen LogP contribution in [0.4, 0.5) is 4.39 Å². The third-order valence-corrected chi connectivity index (χ3v) is 5.58. The number of nitrogens with zero attached hydrogens (tertiary/aromatic N) is 2. The molecule has 0 aliphatic rings.